The minimum absolute atomic E-state index is 0.110. The molecule has 0 saturated carbocycles. The highest BCUT2D eigenvalue weighted by Gasteiger charge is 2.44. The molecule has 4 atom stereocenters. The number of aliphatic hydroxyl groups is 1. The van der Waals surface area contributed by atoms with E-state index >= 15 is 0 Å². The highest BCUT2D eigenvalue weighted by atomic mass is 16.6. The number of phenols is 6. The number of carbonyl (C=O) groups is 2. The Morgan fingerprint density at radius 1 is 0.739 bits per heavy atom. The number of carbonyl (C=O) groups excluding carboxylic acids is 2. The zero-order valence-electron chi connectivity index (χ0n) is 23.8. The molecule has 0 radical (unpaired) electrons. The number of fused-ring (bicyclic) bond motifs is 2. The Balaban J connectivity index is 1.39. The molecule has 0 saturated heterocycles. The van der Waals surface area contributed by atoms with Crippen LogP contribution in [-0.2, 0) is 4.74 Å². The summed E-state index contributed by atoms with van der Waals surface area (Å²) in [6.07, 6.45) is -4.88. The molecular weight excluding hydrogens is 608 g/mol. The van der Waals surface area contributed by atoms with Crippen molar-refractivity contribution >= 4 is 11.8 Å². The van der Waals surface area contributed by atoms with E-state index in [4.69, 9.17) is 23.7 Å². The average molecular weight is 635 g/mol. The average Bonchev–Trinajstić information content (AvgIpc) is 3.03. The lowest BCUT2D eigenvalue weighted by Crippen LogP contribution is -2.40. The maximum atomic E-state index is 13.7. The Labute approximate surface area is 259 Å². The smallest absolute Gasteiger partial charge is 0.339 e. The van der Waals surface area contributed by atoms with E-state index in [-0.39, 0.29) is 39.9 Å². The fourth-order valence-corrected chi connectivity index (χ4v) is 5.28. The minimum atomic E-state index is -1.75. The number of ketones is 1. The van der Waals surface area contributed by atoms with Crippen molar-refractivity contribution in [3.8, 4) is 57.5 Å². The molecule has 14 nitrogen and oxygen atoms in total. The Morgan fingerprint density at radius 2 is 1.41 bits per heavy atom. The third kappa shape index (κ3) is 5.20. The first-order valence-electron chi connectivity index (χ1n) is 13.7. The van der Waals surface area contributed by atoms with Gasteiger partial charge in [-0.05, 0) is 36.4 Å². The molecule has 0 aromatic heterocycles. The lowest BCUT2D eigenvalue weighted by molar-refractivity contribution is -0.0151. The van der Waals surface area contributed by atoms with Crippen LogP contribution in [0, 0.1) is 0 Å². The predicted molar refractivity (Wildman–Crippen MR) is 154 cm³/mol. The molecule has 6 rings (SSSR count). The van der Waals surface area contributed by atoms with E-state index in [1.54, 1.807) is 6.07 Å². The van der Waals surface area contributed by atoms with Crippen molar-refractivity contribution < 1.29 is 69.0 Å². The van der Waals surface area contributed by atoms with Gasteiger partial charge in [0.15, 0.2) is 58.6 Å². The molecule has 4 aromatic rings. The second-order valence-electron chi connectivity index (χ2n) is 10.4. The molecule has 2 unspecified atom stereocenters. The van der Waals surface area contributed by atoms with E-state index in [0.29, 0.717) is 5.56 Å². The summed E-state index contributed by atoms with van der Waals surface area (Å²) in [5.41, 5.74) is -0.0545. The van der Waals surface area contributed by atoms with E-state index in [2.05, 4.69) is 0 Å². The molecule has 0 aliphatic carbocycles. The molecule has 14 heteroatoms. The summed E-state index contributed by atoms with van der Waals surface area (Å²) >= 11 is 0. The molecule has 46 heavy (non-hydrogen) atoms. The molecule has 0 amide bonds. The van der Waals surface area contributed by atoms with Gasteiger partial charge < -0.3 is 59.4 Å². The number of ether oxygens (including phenoxy) is 5. The molecule has 0 spiro atoms. The molecule has 2 aliphatic heterocycles. The summed E-state index contributed by atoms with van der Waals surface area (Å²) in [6.45, 7) is -0.431. The molecular formula is C32H26O14. The van der Waals surface area contributed by atoms with Gasteiger partial charge in [-0.1, -0.05) is 12.1 Å². The number of phenolic OH excluding ortho intramolecular Hbond substituents is 6. The molecule has 2 aliphatic rings. The Hall–Kier alpha value is -6.02. The highest BCUT2D eigenvalue weighted by molar-refractivity contribution is 6.07. The van der Waals surface area contributed by atoms with E-state index < -0.39 is 77.1 Å². The maximum absolute atomic E-state index is 13.7. The second kappa shape index (κ2) is 11.5. The van der Waals surface area contributed by atoms with Crippen LogP contribution in [0.4, 0.5) is 0 Å². The van der Waals surface area contributed by atoms with Gasteiger partial charge in [0.1, 0.15) is 22.8 Å². The Bertz CT molecular complexity index is 1850. The van der Waals surface area contributed by atoms with Crippen LogP contribution >= 0.6 is 0 Å². The molecule has 2 heterocycles. The number of benzene rings is 4. The number of esters is 1. The van der Waals surface area contributed by atoms with Crippen molar-refractivity contribution in [3.63, 3.8) is 0 Å². The van der Waals surface area contributed by atoms with E-state index in [1.165, 1.54) is 37.4 Å². The van der Waals surface area contributed by atoms with Crippen molar-refractivity contribution in [1.82, 2.24) is 0 Å². The zero-order chi connectivity index (χ0) is 32.9. The third-order valence-electron chi connectivity index (χ3n) is 7.52. The van der Waals surface area contributed by atoms with Crippen molar-refractivity contribution in [1.29, 1.82) is 0 Å². The molecule has 238 valence electrons. The first-order chi connectivity index (χ1) is 22.0. The Kier molecular flexibility index (Phi) is 7.49. The van der Waals surface area contributed by atoms with E-state index in [1.807, 2.05) is 0 Å². The fraction of sp³-hybridized carbons (Fsp3) is 0.188. The van der Waals surface area contributed by atoms with Crippen LogP contribution in [0.1, 0.15) is 44.1 Å². The number of hydrogen-bond donors (Lipinski definition) is 7. The molecule has 7 N–H and O–H groups in total. The molecule has 0 fully saturated rings. The van der Waals surface area contributed by atoms with Crippen molar-refractivity contribution in [2.45, 2.75) is 24.4 Å². The van der Waals surface area contributed by atoms with E-state index in [9.17, 15) is 45.3 Å². The summed E-state index contributed by atoms with van der Waals surface area (Å²) in [7, 11) is 1.38. The lowest BCUT2D eigenvalue weighted by atomic mass is 9.92. The first-order valence-corrected chi connectivity index (χ1v) is 13.7. The van der Waals surface area contributed by atoms with Gasteiger partial charge in [0.2, 0.25) is 11.9 Å². The second-order valence-corrected chi connectivity index (χ2v) is 10.4. The largest absolute Gasteiger partial charge is 0.508 e. The maximum Gasteiger partial charge on any atom is 0.339 e. The van der Waals surface area contributed by atoms with Crippen LogP contribution in [0.2, 0.25) is 0 Å². The van der Waals surface area contributed by atoms with Crippen LogP contribution < -0.4 is 18.9 Å². The van der Waals surface area contributed by atoms with Gasteiger partial charge in [-0.15, -0.1) is 0 Å². The van der Waals surface area contributed by atoms with Gasteiger partial charge in [0.05, 0.1) is 19.3 Å². The molecule has 4 aromatic carbocycles. The van der Waals surface area contributed by atoms with Crippen molar-refractivity contribution in [3.05, 3.63) is 82.9 Å². The van der Waals surface area contributed by atoms with Crippen LogP contribution in [0.3, 0.4) is 0 Å². The number of aromatic hydroxyl groups is 6. The van der Waals surface area contributed by atoms with Crippen molar-refractivity contribution in [2.24, 2.45) is 0 Å². The quantitative estimate of drug-likeness (QED) is 0.119. The lowest BCUT2D eigenvalue weighted by Gasteiger charge is -2.35. The summed E-state index contributed by atoms with van der Waals surface area (Å²) in [5, 5.41) is 70.0. The standard InChI is InChI=1S/C32H26O14/c1-42-22-8-13(2-4-17(22)35)29-25(12-33)43-21-5-3-14(9-23(21)44-29)30-31(28(40)26-18(36)10-16(34)11-24(26)45-30)46-32(41)15-6-19(37)27(39)20(38)7-15/h2-11,25,29-31,33-39H,12H2,1H3/t25?,29?,30-,31+/m1/s1. The summed E-state index contributed by atoms with van der Waals surface area (Å²) in [4.78, 5) is 26.9. The number of Topliss-reactive ketones (excluding diaryl/α,β-unsaturated/α-hetero) is 1. The summed E-state index contributed by atoms with van der Waals surface area (Å²) in [5.74, 6) is -5.40. The van der Waals surface area contributed by atoms with Crippen LogP contribution in [0.25, 0.3) is 0 Å². The fourth-order valence-electron chi connectivity index (χ4n) is 5.28. The van der Waals surface area contributed by atoms with Crippen LogP contribution in [0.5, 0.6) is 57.5 Å². The SMILES string of the molecule is COc1cc(C2Oc3cc([C@H]4Oc5cc(O)cc(O)c5C(=O)[C@@H]4OC(=O)c4cc(O)c(O)c(O)c4)ccc3OC2CO)ccc1O. The van der Waals surface area contributed by atoms with Gasteiger partial charge in [-0.25, -0.2) is 4.79 Å². The van der Waals surface area contributed by atoms with Gasteiger partial charge in [-0.2, -0.15) is 0 Å². The van der Waals surface area contributed by atoms with Crippen LogP contribution in [0.15, 0.2) is 60.7 Å². The predicted octanol–water partition coefficient (Wildman–Crippen LogP) is 3.34. The Morgan fingerprint density at radius 3 is 2.11 bits per heavy atom. The first kappa shape index (κ1) is 30.0. The van der Waals surface area contributed by atoms with Gasteiger partial charge >= 0.3 is 5.97 Å². The van der Waals surface area contributed by atoms with Crippen molar-refractivity contribution in [2.75, 3.05) is 13.7 Å². The minimum Gasteiger partial charge on any atom is -0.508 e. The number of rotatable bonds is 6. The highest BCUT2D eigenvalue weighted by Crippen LogP contribution is 2.47. The van der Waals surface area contributed by atoms with E-state index in [0.717, 1.165) is 24.3 Å². The summed E-state index contributed by atoms with van der Waals surface area (Å²) < 4.78 is 28.9. The van der Waals surface area contributed by atoms with Gasteiger partial charge in [0, 0.05) is 23.3 Å². The van der Waals surface area contributed by atoms with Crippen LogP contribution in [-0.4, -0.2) is 73.4 Å². The van der Waals surface area contributed by atoms with Gasteiger partial charge in [-0.3, -0.25) is 4.79 Å². The number of hydrogen-bond acceptors (Lipinski definition) is 14. The number of methoxy groups -OCH3 is 1. The topological polar surface area (TPSA) is 222 Å². The van der Waals surface area contributed by atoms with Gasteiger partial charge in [0.25, 0.3) is 0 Å². The third-order valence-corrected chi connectivity index (χ3v) is 7.52. The number of aliphatic hydroxyl groups excluding tert-OH is 1. The summed E-state index contributed by atoms with van der Waals surface area (Å²) in [6, 6.07) is 12.6. The normalized spacial score (nSPS) is 19.9. The monoisotopic (exact) mass is 634 g/mol. The molecule has 0 bridgehead atoms. The zero-order valence-corrected chi connectivity index (χ0v) is 23.8.